The average Bonchev–Trinajstić information content (AvgIpc) is 3.18. The maximum absolute atomic E-state index is 11.9. The quantitative estimate of drug-likeness (QED) is 0.407. The van der Waals surface area contributed by atoms with Crippen molar-refractivity contribution in [1.29, 1.82) is 0 Å². The van der Waals surface area contributed by atoms with Crippen molar-refractivity contribution in [3.63, 3.8) is 0 Å². The molecule has 1 aromatic carbocycles. The number of ether oxygens (including phenoxy) is 1. The lowest BCUT2D eigenvalue weighted by molar-refractivity contribution is 0.0602. The van der Waals surface area contributed by atoms with E-state index in [1.165, 1.54) is 18.4 Å². The van der Waals surface area contributed by atoms with E-state index in [1.54, 1.807) is 16.9 Å². The summed E-state index contributed by atoms with van der Waals surface area (Å²) in [7, 11) is 1.33. The van der Waals surface area contributed by atoms with E-state index in [9.17, 15) is 4.79 Å². The first-order chi connectivity index (χ1) is 13.4. The van der Waals surface area contributed by atoms with E-state index in [-0.39, 0.29) is 5.11 Å². The molecule has 0 unspecified atom stereocenters. The third kappa shape index (κ3) is 4.82. The molecule has 0 saturated heterocycles. The smallest absolute Gasteiger partial charge is 0.340 e. The molecule has 0 atom stereocenters. The molecular formula is C18H16Cl2N4O2S2. The second-order valence-corrected chi connectivity index (χ2v) is 8.26. The van der Waals surface area contributed by atoms with Crippen LogP contribution in [0.2, 0.25) is 10.0 Å². The maximum atomic E-state index is 11.9. The first-order valence-electron chi connectivity index (χ1n) is 8.10. The summed E-state index contributed by atoms with van der Waals surface area (Å²) in [5, 5.41) is 12.3. The number of carbonyl (C=O) groups excluding carboxylic acids is 1. The van der Waals surface area contributed by atoms with Crippen molar-refractivity contribution in [1.82, 2.24) is 9.78 Å². The first kappa shape index (κ1) is 20.6. The van der Waals surface area contributed by atoms with Gasteiger partial charge in [0.2, 0.25) is 0 Å². The van der Waals surface area contributed by atoms with Crippen molar-refractivity contribution in [2.45, 2.75) is 13.5 Å². The Labute approximate surface area is 181 Å². The molecule has 6 nitrogen and oxygen atoms in total. The summed E-state index contributed by atoms with van der Waals surface area (Å²) in [6, 6.07) is 9.26. The Bertz CT molecular complexity index is 1030. The Morgan fingerprint density at radius 2 is 2.04 bits per heavy atom. The van der Waals surface area contributed by atoms with Gasteiger partial charge in [-0.25, -0.2) is 4.79 Å². The van der Waals surface area contributed by atoms with E-state index >= 15 is 0 Å². The van der Waals surface area contributed by atoms with Crippen molar-refractivity contribution in [3.8, 4) is 0 Å². The van der Waals surface area contributed by atoms with Crippen molar-refractivity contribution >= 4 is 68.7 Å². The van der Waals surface area contributed by atoms with Crippen LogP contribution in [0, 0.1) is 6.92 Å². The molecule has 28 heavy (non-hydrogen) atoms. The second kappa shape index (κ2) is 8.91. The molecule has 2 aromatic heterocycles. The van der Waals surface area contributed by atoms with Crippen LogP contribution < -0.4 is 10.6 Å². The number of rotatable bonds is 5. The predicted molar refractivity (Wildman–Crippen MR) is 118 cm³/mol. The van der Waals surface area contributed by atoms with Crippen LogP contribution in [0.15, 0.2) is 36.5 Å². The summed E-state index contributed by atoms with van der Waals surface area (Å²) in [5.74, 6) is -0.0317. The van der Waals surface area contributed by atoms with Crippen LogP contribution in [0.3, 0.4) is 0 Å². The number of aromatic nitrogens is 2. The van der Waals surface area contributed by atoms with Crippen molar-refractivity contribution in [2.24, 2.45) is 0 Å². The minimum Gasteiger partial charge on any atom is -0.465 e. The molecule has 0 aliphatic heterocycles. The molecule has 0 aliphatic carbocycles. The van der Waals surface area contributed by atoms with Crippen LogP contribution in [-0.2, 0) is 11.3 Å². The highest BCUT2D eigenvalue weighted by Crippen LogP contribution is 2.29. The number of nitrogens with one attached hydrogen (secondary N) is 2. The molecule has 0 aliphatic rings. The number of methoxy groups -OCH3 is 1. The van der Waals surface area contributed by atoms with E-state index < -0.39 is 5.97 Å². The normalized spacial score (nSPS) is 10.6. The lowest BCUT2D eigenvalue weighted by atomic mass is 10.2. The van der Waals surface area contributed by atoms with Crippen molar-refractivity contribution in [2.75, 3.05) is 17.7 Å². The van der Waals surface area contributed by atoms with Gasteiger partial charge in [-0.2, -0.15) is 5.10 Å². The Morgan fingerprint density at radius 3 is 2.75 bits per heavy atom. The number of hydrogen-bond acceptors (Lipinski definition) is 5. The zero-order chi connectivity index (χ0) is 20.3. The van der Waals surface area contributed by atoms with Gasteiger partial charge in [-0.1, -0.05) is 41.4 Å². The zero-order valence-corrected chi connectivity index (χ0v) is 18.1. The molecule has 3 rings (SSSR count). The monoisotopic (exact) mass is 454 g/mol. The number of esters is 1. The van der Waals surface area contributed by atoms with E-state index in [1.807, 2.05) is 31.2 Å². The van der Waals surface area contributed by atoms with Gasteiger partial charge in [-0.05, 0) is 36.8 Å². The summed E-state index contributed by atoms with van der Waals surface area (Å²) in [6.07, 6.45) is 1.69. The van der Waals surface area contributed by atoms with Crippen LogP contribution in [0.4, 0.5) is 10.8 Å². The van der Waals surface area contributed by atoms with Gasteiger partial charge in [-0.3, -0.25) is 4.68 Å². The average molecular weight is 455 g/mol. The van der Waals surface area contributed by atoms with Gasteiger partial charge >= 0.3 is 5.97 Å². The number of thiocarbonyl (C=S) groups is 1. The lowest BCUT2D eigenvalue weighted by Crippen LogP contribution is -2.20. The standard InChI is InChI=1S/C18H16Cl2N4O2S2/c1-10-7-12(17(25)26-2)16(28-10)22-18(27)21-15-14(20)9-24(23-15)8-11-5-3-4-6-13(11)19/h3-7,9H,8H2,1-2H3,(H2,21,22,23,27). The molecule has 0 fully saturated rings. The highest BCUT2D eigenvalue weighted by molar-refractivity contribution is 7.80. The minimum absolute atomic E-state index is 0.261. The van der Waals surface area contributed by atoms with Gasteiger partial charge in [0, 0.05) is 16.1 Å². The number of thiophene rings is 1. The fourth-order valence-corrected chi connectivity index (χ4v) is 4.04. The van der Waals surface area contributed by atoms with Crippen LogP contribution in [0.25, 0.3) is 0 Å². The van der Waals surface area contributed by atoms with Crippen molar-refractivity contribution in [3.05, 3.63) is 62.6 Å². The molecule has 3 aromatic rings. The van der Waals surface area contributed by atoms with Crippen LogP contribution in [0.5, 0.6) is 0 Å². The van der Waals surface area contributed by atoms with E-state index in [4.69, 9.17) is 40.2 Å². The summed E-state index contributed by atoms with van der Waals surface area (Å²) < 4.78 is 6.47. The SMILES string of the molecule is COC(=O)c1cc(C)sc1NC(=S)Nc1nn(Cc2ccccc2Cl)cc1Cl. The third-order valence-electron chi connectivity index (χ3n) is 3.73. The van der Waals surface area contributed by atoms with Crippen LogP contribution >= 0.6 is 46.8 Å². The molecule has 10 heteroatoms. The largest absolute Gasteiger partial charge is 0.465 e. The summed E-state index contributed by atoms with van der Waals surface area (Å²) in [6.45, 7) is 2.36. The molecule has 2 heterocycles. The van der Waals surface area contributed by atoms with Gasteiger partial charge in [-0.15, -0.1) is 11.3 Å². The van der Waals surface area contributed by atoms with E-state index in [0.717, 1.165) is 10.4 Å². The molecule has 0 radical (unpaired) electrons. The Balaban J connectivity index is 1.71. The number of halogens is 2. The van der Waals surface area contributed by atoms with Crippen LogP contribution in [0.1, 0.15) is 20.8 Å². The fourth-order valence-electron chi connectivity index (χ4n) is 2.47. The maximum Gasteiger partial charge on any atom is 0.340 e. The molecule has 146 valence electrons. The Hall–Kier alpha value is -2.13. The van der Waals surface area contributed by atoms with Gasteiger partial charge in [0.25, 0.3) is 0 Å². The van der Waals surface area contributed by atoms with Gasteiger partial charge < -0.3 is 15.4 Å². The van der Waals surface area contributed by atoms with Gasteiger partial charge in [0.05, 0.1) is 19.2 Å². The number of anilines is 2. The summed E-state index contributed by atoms with van der Waals surface area (Å²) >= 11 is 19.2. The topological polar surface area (TPSA) is 68.2 Å². The number of nitrogens with zero attached hydrogens (tertiary/aromatic N) is 2. The molecule has 0 amide bonds. The first-order valence-corrected chi connectivity index (χ1v) is 10.1. The summed E-state index contributed by atoms with van der Waals surface area (Å²) in [5.41, 5.74) is 1.34. The lowest BCUT2D eigenvalue weighted by Gasteiger charge is -2.09. The highest BCUT2D eigenvalue weighted by atomic mass is 35.5. The molecule has 0 bridgehead atoms. The number of carbonyl (C=O) groups is 1. The Morgan fingerprint density at radius 1 is 1.29 bits per heavy atom. The van der Waals surface area contributed by atoms with E-state index in [0.29, 0.717) is 33.0 Å². The van der Waals surface area contributed by atoms with Gasteiger partial charge in [0.15, 0.2) is 10.9 Å². The molecule has 2 N–H and O–H groups in total. The van der Waals surface area contributed by atoms with E-state index in [2.05, 4.69) is 15.7 Å². The zero-order valence-electron chi connectivity index (χ0n) is 15.0. The number of benzene rings is 1. The number of aryl methyl sites for hydroxylation is 1. The minimum atomic E-state index is -0.434. The third-order valence-corrected chi connectivity index (χ3v) is 5.54. The highest BCUT2D eigenvalue weighted by Gasteiger charge is 2.17. The Kier molecular flexibility index (Phi) is 6.56. The number of hydrogen-bond donors (Lipinski definition) is 2. The second-order valence-electron chi connectivity index (χ2n) is 5.79. The van der Waals surface area contributed by atoms with Gasteiger partial charge in [0.1, 0.15) is 10.0 Å². The molecular weight excluding hydrogens is 439 g/mol. The predicted octanol–water partition coefficient (Wildman–Crippen LogP) is 5.20. The van der Waals surface area contributed by atoms with Crippen molar-refractivity contribution < 1.29 is 9.53 Å². The molecule has 0 saturated carbocycles. The summed E-state index contributed by atoms with van der Waals surface area (Å²) in [4.78, 5) is 12.8. The molecule has 0 spiro atoms. The fraction of sp³-hybridized carbons (Fsp3) is 0.167. The van der Waals surface area contributed by atoms with Crippen LogP contribution in [-0.4, -0.2) is 28.0 Å².